The van der Waals surface area contributed by atoms with Gasteiger partial charge >= 0.3 is 0 Å². The van der Waals surface area contributed by atoms with Crippen LogP contribution in [-0.2, 0) is 0 Å². The molecule has 0 aliphatic rings. The first kappa shape index (κ1) is 11.5. The topological polar surface area (TPSA) is 59.0 Å². The molecular formula is C12H16N2O. The molecule has 1 rings (SSSR count). The third-order valence-electron chi connectivity index (χ3n) is 2.36. The zero-order valence-electron chi connectivity index (χ0n) is 9.16. The second-order valence-corrected chi connectivity index (χ2v) is 3.93. The standard InChI is InChI=1S/C12H16N2O/c1-3-12(2,14)9-15-11-6-4-10(8-13)5-7-11/h4-7H,3,9,14H2,1-2H3. The minimum Gasteiger partial charge on any atom is -0.492 e. The van der Waals surface area contributed by atoms with Crippen molar-refractivity contribution >= 4 is 0 Å². The molecule has 15 heavy (non-hydrogen) atoms. The molecule has 0 aliphatic heterocycles. The maximum Gasteiger partial charge on any atom is 0.119 e. The molecular weight excluding hydrogens is 188 g/mol. The van der Waals surface area contributed by atoms with Crippen molar-refractivity contribution in [2.24, 2.45) is 5.73 Å². The second-order valence-electron chi connectivity index (χ2n) is 3.93. The molecule has 1 unspecified atom stereocenters. The summed E-state index contributed by atoms with van der Waals surface area (Å²) in [6, 6.07) is 9.08. The summed E-state index contributed by atoms with van der Waals surface area (Å²) in [7, 11) is 0. The van der Waals surface area contributed by atoms with Crippen molar-refractivity contribution in [3.63, 3.8) is 0 Å². The summed E-state index contributed by atoms with van der Waals surface area (Å²) in [6.45, 7) is 4.47. The Morgan fingerprint density at radius 1 is 1.40 bits per heavy atom. The number of benzene rings is 1. The summed E-state index contributed by atoms with van der Waals surface area (Å²) in [4.78, 5) is 0. The van der Waals surface area contributed by atoms with E-state index in [1.54, 1.807) is 24.3 Å². The van der Waals surface area contributed by atoms with Crippen LogP contribution < -0.4 is 10.5 Å². The van der Waals surface area contributed by atoms with Crippen LogP contribution in [0.2, 0.25) is 0 Å². The highest BCUT2D eigenvalue weighted by Crippen LogP contribution is 2.14. The Balaban J connectivity index is 2.56. The minimum absolute atomic E-state index is 0.298. The molecule has 3 nitrogen and oxygen atoms in total. The lowest BCUT2D eigenvalue weighted by Gasteiger charge is -2.22. The number of hydrogen-bond acceptors (Lipinski definition) is 3. The van der Waals surface area contributed by atoms with E-state index in [2.05, 4.69) is 6.07 Å². The van der Waals surface area contributed by atoms with Crippen molar-refractivity contribution in [1.82, 2.24) is 0 Å². The van der Waals surface area contributed by atoms with Gasteiger partial charge in [0.1, 0.15) is 12.4 Å². The number of ether oxygens (including phenoxy) is 1. The third-order valence-corrected chi connectivity index (χ3v) is 2.36. The predicted molar refractivity (Wildman–Crippen MR) is 59.5 cm³/mol. The van der Waals surface area contributed by atoms with Crippen molar-refractivity contribution in [2.45, 2.75) is 25.8 Å². The second kappa shape index (κ2) is 4.81. The third kappa shape index (κ3) is 3.61. The molecule has 0 amide bonds. The maximum absolute atomic E-state index is 8.61. The normalized spacial score (nSPS) is 14.0. The van der Waals surface area contributed by atoms with Gasteiger partial charge in [0, 0.05) is 5.54 Å². The minimum atomic E-state index is -0.298. The first-order valence-electron chi connectivity index (χ1n) is 4.99. The highest BCUT2D eigenvalue weighted by Gasteiger charge is 2.16. The van der Waals surface area contributed by atoms with E-state index < -0.39 is 0 Å². The smallest absolute Gasteiger partial charge is 0.119 e. The molecule has 3 heteroatoms. The summed E-state index contributed by atoms with van der Waals surface area (Å²) in [5.41, 5.74) is 6.28. The Morgan fingerprint density at radius 3 is 2.47 bits per heavy atom. The number of rotatable bonds is 4. The van der Waals surface area contributed by atoms with Crippen molar-refractivity contribution in [3.8, 4) is 11.8 Å². The lowest BCUT2D eigenvalue weighted by Crippen LogP contribution is -2.41. The lowest BCUT2D eigenvalue weighted by molar-refractivity contribution is 0.226. The van der Waals surface area contributed by atoms with Gasteiger partial charge < -0.3 is 10.5 Å². The van der Waals surface area contributed by atoms with E-state index in [1.807, 2.05) is 13.8 Å². The Hall–Kier alpha value is -1.53. The van der Waals surface area contributed by atoms with Gasteiger partial charge in [0.2, 0.25) is 0 Å². The number of nitrogens with zero attached hydrogens (tertiary/aromatic N) is 1. The van der Waals surface area contributed by atoms with E-state index in [9.17, 15) is 0 Å². The Morgan fingerprint density at radius 2 is 2.00 bits per heavy atom. The fourth-order valence-corrected chi connectivity index (χ4v) is 0.976. The SMILES string of the molecule is CCC(C)(N)COc1ccc(C#N)cc1. The van der Waals surface area contributed by atoms with Gasteiger partial charge in [0.15, 0.2) is 0 Å². The average molecular weight is 204 g/mol. The van der Waals surface area contributed by atoms with E-state index in [4.69, 9.17) is 15.7 Å². The van der Waals surface area contributed by atoms with Gasteiger partial charge in [0.25, 0.3) is 0 Å². The van der Waals surface area contributed by atoms with Crippen LogP contribution in [0, 0.1) is 11.3 Å². The number of nitriles is 1. The van der Waals surface area contributed by atoms with E-state index in [-0.39, 0.29) is 5.54 Å². The molecule has 0 aliphatic carbocycles. The van der Waals surface area contributed by atoms with Crippen molar-refractivity contribution in [3.05, 3.63) is 29.8 Å². The van der Waals surface area contributed by atoms with Gasteiger partial charge in [-0.1, -0.05) is 6.92 Å². The molecule has 0 saturated carbocycles. The summed E-state index contributed by atoms with van der Waals surface area (Å²) < 4.78 is 5.53. The fourth-order valence-electron chi connectivity index (χ4n) is 0.976. The first-order valence-corrected chi connectivity index (χ1v) is 4.99. The highest BCUT2D eigenvalue weighted by atomic mass is 16.5. The molecule has 0 bridgehead atoms. The monoisotopic (exact) mass is 204 g/mol. The van der Waals surface area contributed by atoms with Gasteiger partial charge in [-0.15, -0.1) is 0 Å². The maximum atomic E-state index is 8.61. The number of nitrogens with two attached hydrogens (primary N) is 1. The Labute approximate surface area is 90.5 Å². The fraction of sp³-hybridized carbons (Fsp3) is 0.417. The van der Waals surface area contributed by atoms with Gasteiger partial charge in [-0.05, 0) is 37.6 Å². The van der Waals surface area contributed by atoms with Crippen molar-refractivity contribution < 1.29 is 4.74 Å². The van der Waals surface area contributed by atoms with Gasteiger partial charge in [-0.25, -0.2) is 0 Å². The molecule has 0 aromatic heterocycles. The van der Waals surface area contributed by atoms with Crippen molar-refractivity contribution in [1.29, 1.82) is 5.26 Å². The van der Waals surface area contributed by atoms with Crippen LogP contribution >= 0.6 is 0 Å². The highest BCUT2D eigenvalue weighted by molar-refractivity contribution is 5.34. The largest absolute Gasteiger partial charge is 0.492 e. The molecule has 0 fully saturated rings. The molecule has 0 radical (unpaired) electrons. The summed E-state index contributed by atoms with van der Waals surface area (Å²) >= 11 is 0. The van der Waals surface area contributed by atoms with Crippen LogP contribution in [0.15, 0.2) is 24.3 Å². The van der Waals surface area contributed by atoms with Crippen LogP contribution in [0.1, 0.15) is 25.8 Å². The quantitative estimate of drug-likeness (QED) is 0.816. The first-order chi connectivity index (χ1) is 7.07. The molecule has 1 aromatic rings. The van der Waals surface area contributed by atoms with Gasteiger partial charge in [0.05, 0.1) is 11.6 Å². The zero-order valence-corrected chi connectivity index (χ0v) is 9.16. The van der Waals surface area contributed by atoms with Gasteiger partial charge in [-0.3, -0.25) is 0 Å². The van der Waals surface area contributed by atoms with E-state index in [1.165, 1.54) is 0 Å². The molecule has 80 valence electrons. The zero-order chi connectivity index (χ0) is 11.3. The van der Waals surface area contributed by atoms with E-state index in [0.717, 1.165) is 12.2 Å². The number of hydrogen-bond donors (Lipinski definition) is 1. The Kier molecular flexibility index (Phi) is 3.70. The molecule has 1 aromatic carbocycles. The molecule has 2 N–H and O–H groups in total. The molecule has 0 spiro atoms. The van der Waals surface area contributed by atoms with Crippen LogP contribution in [0.4, 0.5) is 0 Å². The lowest BCUT2D eigenvalue weighted by atomic mass is 10.0. The van der Waals surface area contributed by atoms with Crippen molar-refractivity contribution in [2.75, 3.05) is 6.61 Å². The molecule has 1 atom stereocenters. The molecule has 0 heterocycles. The summed E-state index contributed by atoms with van der Waals surface area (Å²) in [5, 5.41) is 8.61. The summed E-state index contributed by atoms with van der Waals surface area (Å²) in [6.07, 6.45) is 0.864. The molecule has 0 saturated heterocycles. The van der Waals surface area contributed by atoms with Crippen LogP contribution in [0.3, 0.4) is 0 Å². The predicted octanol–water partition coefficient (Wildman–Crippen LogP) is 2.06. The van der Waals surface area contributed by atoms with Crippen LogP contribution in [0.25, 0.3) is 0 Å². The van der Waals surface area contributed by atoms with Crippen LogP contribution in [-0.4, -0.2) is 12.1 Å². The summed E-state index contributed by atoms with van der Waals surface area (Å²) in [5.74, 6) is 0.749. The van der Waals surface area contributed by atoms with Gasteiger partial charge in [-0.2, -0.15) is 5.26 Å². The van der Waals surface area contributed by atoms with Crippen LogP contribution in [0.5, 0.6) is 5.75 Å². The average Bonchev–Trinajstić information content (AvgIpc) is 2.27. The van der Waals surface area contributed by atoms with E-state index in [0.29, 0.717) is 12.2 Å². The Bertz CT molecular complexity index is 349. The van der Waals surface area contributed by atoms with E-state index >= 15 is 0 Å².